The number of nitrogens with zero attached hydrogens (tertiary/aromatic N) is 1. The van der Waals surface area contributed by atoms with Gasteiger partial charge in [-0.25, -0.2) is 4.79 Å². The SMILES string of the molecule is O=C(OCc1ccc(Br)cc1)c1ccc([N+](=O)[O-])c(Cl)c1. The van der Waals surface area contributed by atoms with Crippen LogP contribution in [-0.4, -0.2) is 10.9 Å². The van der Waals surface area contributed by atoms with Gasteiger partial charge in [-0.2, -0.15) is 0 Å². The van der Waals surface area contributed by atoms with Crippen LogP contribution in [0.5, 0.6) is 0 Å². The lowest BCUT2D eigenvalue weighted by Crippen LogP contribution is -2.05. The number of hydrogen-bond acceptors (Lipinski definition) is 4. The topological polar surface area (TPSA) is 69.4 Å². The first-order chi connectivity index (χ1) is 9.97. The van der Waals surface area contributed by atoms with E-state index < -0.39 is 10.9 Å². The monoisotopic (exact) mass is 369 g/mol. The molecule has 2 aromatic rings. The Hall–Kier alpha value is -1.92. The lowest BCUT2D eigenvalue weighted by Gasteiger charge is -2.05. The number of esters is 1. The average Bonchev–Trinajstić information content (AvgIpc) is 2.45. The number of nitro benzene ring substituents is 1. The maximum atomic E-state index is 11.9. The number of ether oxygens (including phenoxy) is 1. The third kappa shape index (κ3) is 4.03. The van der Waals surface area contributed by atoms with Gasteiger partial charge in [-0.3, -0.25) is 10.1 Å². The molecule has 0 aliphatic rings. The van der Waals surface area contributed by atoms with Gasteiger partial charge in [-0.1, -0.05) is 39.7 Å². The van der Waals surface area contributed by atoms with Gasteiger partial charge >= 0.3 is 5.97 Å². The van der Waals surface area contributed by atoms with E-state index in [1.165, 1.54) is 18.2 Å². The summed E-state index contributed by atoms with van der Waals surface area (Å²) in [6.45, 7) is 0.112. The Kier molecular flexibility index (Phi) is 4.93. The molecule has 0 saturated heterocycles. The van der Waals surface area contributed by atoms with Crippen molar-refractivity contribution in [1.82, 2.24) is 0 Å². The predicted molar refractivity (Wildman–Crippen MR) is 81.4 cm³/mol. The van der Waals surface area contributed by atoms with Crippen LogP contribution in [0.1, 0.15) is 15.9 Å². The average molecular weight is 371 g/mol. The molecule has 0 spiro atoms. The number of carbonyl (C=O) groups excluding carboxylic acids is 1. The summed E-state index contributed by atoms with van der Waals surface area (Å²) in [5.74, 6) is -0.588. The molecule has 0 aliphatic carbocycles. The molecular formula is C14H9BrClNO4. The molecule has 7 heteroatoms. The van der Waals surface area contributed by atoms with Gasteiger partial charge in [0.25, 0.3) is 5.69 Å². The highest BCUT2D eigenvalue weighted by Gasteiger charge is 2.16. The van der Waals surface area contributed by atoms with E-state index in [9.17, 15) is 14.9 Å². The van der Waals surface area contributed by atoms with Gasteiger partial charge in [0.05, 0.1) is 10.5 Å². The minimum absolute atomic E-state index is 0.0990. The van der Waals surface area contributed by atoms with E-state index in [1.54, 1.807) is 0 Å². The molecule has 2 aromatic carbocycles. The minimum Gasteiger partial charge on any atom is -0.457 e. The van der Waals surface area contributed by atoms with Crippen molar-refractivity contribution in [3.8, 4) is 0 Å². The van der Waals surface area contributed by atoms with Gasteiger partial charge in [0.15, 0.2) is 0 Å². The van der Waals surface area contributed by atoms with Crippen LogP contribution in [0.4, 0.5) is 5.69 Å². The zero-order chi connectivity index (χ0) is 15.4. The first-order valence-electron chi connectivity index (χ1n) is 5.83. The van der Waals surface area contributed by atoms with Crippen molar-refractivity contribution in [2.24, 2.45) is 0 Å². The summed E-state index contributed by atoms with van der Waals surface area (Å²) in [7, 11) is 0. The second-order valence-electron chi connectivity index (χ2n) is 4.13. The van der Waals surface area contributed by atoms with Crippen molar-refractivity contribution in [2.45, 2.75) is 6.61 Å². The first-order valence-corrected chi connectivity index (χ1v) is 7.00. The molecule has 0 amide bonds. The van der Waals surface area contributed by atoms with E-state index in [4.69, 9.17) is 16.3 Å². The van der Waals surface area contributed by atoms with E-state index in [0.717, 1.165) is 10.0 Å². The predicted octanol–water partition coefficient (Wildman–Crippen LogP) is 4.37. The molecule has 0 fully saturated rings. The summed E-state index contributed by atoms with van der Waals surface area (Å²) in [6.07, 6.45) is 0. The van der Waals surface area contributed by atoms with Gasteiger partial charge in [0.1, 0.15) is 11.6 Å². The van der Waals surface area contributed by atoms with Crippen molar-refractivity contribution >= 4 is 39.2 Å². The Morgan fingerprint density at radius 1 is 1.24 bits per heavy atom. The van der Waals surface area contributed by atoms with Crippen LogP contribution in [0.25, 0.3) is 0 Å². The van der Waals surface area contributed by atoms with Gasteiger partial charge < -0.3 is 4.74 Å². The standard InChI is InChI=1S/C14H9BrClNO4/c15-11-4-1-9(2-5-11)8-21-14(18)10-3-6-13(17(19)20)12(16)7-10/h1-7H,8H2. The number of nitro groups is 1. The van der Waals surface area contributed by atoms with Crippen LogP contribution in [-0.2, 0) is 11.3 Å². The van der Waals surface area contributed by atoms with Crippen molar-refractivity contribution in [1.29, 1.82) is 0 Å². The molecule has 0 radical (unpaired) electrons. The van der Waals surface area contributed by atoms with Crippen LogP contribution in [0, 0.1) is 10.1 Å². The molecule has 0 saturated carbocycles. The lowest BCUT2D eigenvalue weighted by atomic mass is 10.2. The van der Waals surface area contributed by atoms with E-state index >= 15 is 0 Å². The largest absolute Gasteiger partial charge is 0.457 e. The van der Waals surface area contributed by atoms with Gasteiger partial charge in [-0.05, 0) is 29.8 Å². The maximum absolute atomic E-state index is 11.9. The number of hydrogen-bond donors (Lipinski definition) is 0. The summed E-state index contributed by atoms with van der Waals surface area (Å²) in [5.41, 5.74) is 0.753. The number of carbonyl (C=O) groups is 1. The van der Waals surface area contributed by atoms with Crippen molar-refractivity contribution in [3.63, 3.8) is 0 Å². The zero-order valence-corrected chi connectivity index (χ0v) is 12.9. The summed E-state index contributed by atoms with van der Waals surface area (Å²) < 4.78 is 6.06. The third-order valence-corrected chi connectivity index (χ3v) is 3.49. The van der Waals surface area contributed by atoms with Crippen molar-refractivity contribution in [2.75, 3.05) is 0 Å². The first kappa shape index (κ1) is 15.5. The highest BCUT2D eigenvalue weighted by atomic mass is 79.9. The van der Waals surface area contributed by atoms with Gasteiger partial charge in [0.2, 0.25) is 0 Å². The molecule has 0 unspecified atom stereocenters. The molecule has 0 aromatic heterocycles. The van der Waals surface area contributed by atoms with Crippen molar-refractivity contribution < 1.29 is 14.5 Å². The molecule has 0 N–H and O–H groups in total. The molecular weight excluding hydrogens is 362 g/mol. The van der Waals surface area contributed by atoms with Gasteiger partial charge in [0, 0.05) is 10.5 Å². The Morgan fingerprint density at radius 3 is 2.48 bits per heavy atom. The second-order valence-corrected chi connectivity index (χ2v) is 5.45. The Labute approximate surface area is 133 Å². The molecule has 0 heterocycles. The number of rotatable bonds is 4. The Balaban J connectivity index is 2.05. The summed E-state index contributed by atoms with van der Waals surface area (Å²) in [5, 5.41) is 10.5. The number of halogens is 2. The fourth-order valence-corrected chi connectivity index (χ4v) is 2.11. The molecule has 21 heavy (non-hydrogen) atoms. The van der Waals surface area contributed by atoms with Crippen LogP contribution < -0.4 is 0 Å². The molecule has 108 valence electrons. The van der Waals surface area contributed by atoms with E-state index in [2.05, 4.69) is 15.9 Å². The smallest absolute Gasteiger partial charge is 0.338 e. The quantitative estimate of drug-likeness (QED) is 0.455. The molecule has 2 rings (SSSR count). The Bertz CT molecular complexity index is 688. The van der Waals surface area contributed by atoms with Crippen molar-refractivity contribution in [3.05, 3.63) is 73.2 Å². The minimum atomic E-state index is -0.612. The zero-order valence-electron chi connectivity index (χ0n) is 10.6. The van der Waals surface area contributed by atoms with Crippen LogP contribution in [0.3, 0.4) is 0 Å². The molecule has 5 nitrogen and oxygen atoms in total. The second kappa shape index (κ2) is 6.69. The lowest BCUT2D eigenvalue weighted by molar-refractivity contribution is -0.384. The van der Waals surface area contributed by atoms with Crippen LogP contribution >= 0.6 is 27.5 Å². The highest BCUT2D eigenvalue weighted by Crippen LogP contribution is 2.25. The van der Waals surface area contributed by atoms with E-state index in [1.807, 2.05) is 24.3 Å². The summed E-state index contributed by atoms with van der Waals surface area (Å²) >= 11 is 9.06. The normalized spacial score (nSPS) is 10.2. The van der Waals surface area contributed by atoms with Crippen LogP contribution in [0.2, 0.25) is 5.02 Å². The number of benzene rings is 2. The molecule has 0 bridgehead atoms. The van der Waals surface area contributed by atoms with E-state index in [0.29, 0.717) is 0 Å². The van der Waals surface area contributed by atoms with Crippen LogP contribution in [0.15, 0.2) is 46.9 Å². The molecule has 0 atom stereocenters. The Morgan fingerprint density at radius 2 is 1.90 bits per heavy atom. The maximum Gasteiger partial charge on any atom is 0.338 e. The fraction of sp³-hybridized carbons (Fsp3) is 0.0714. The molecule has 0 aliphatic heterocycles. The third-order valence-electron chi connectivity index (χ3n) is 2.66. The van der Waals surface area contributed by atoms with Gasteiger partial charge in [-0.15, -0.1) is 0 Å². The summed E-state index contributed by atoms with van der Waals surface area (Å²) in [4.78, 5) is 21.9. The highest BCUT2D eigenvalue weighted by molar-refractivity contribution is 9.10. The fourth-order valence-electron chi connectivity index (χ4n) is 1.59. The van der Waals surface area contributed by atoms with E-state index in [-0.39, 0.29) is 22.9 Å². The summed E-state index contributed by atoms with van der Waals surface area (Å²) in [6, 6.07) is 11.0.